The fourth-order valence-corrected chi connectivity index (χ4v) is 5.50. The van der Waals surface area contributed by atoms with Gasteiger partial charge >= 0.3 is 0 Å². The van der Waals surface area contributed by atoms with E-state index in [0.717, 1.165) is 77.5 Å². The summed E-state index contributed by atoms with van der Waals surface area (Å²) in [5.41, 5.74) is 7.12. The van der Waals surface area contributed by atoms with Gasteiger partial charge in [0.1, 0.15) is 24.1 Å². The zero-order valence-electron chi connectivity index (χ0n) is 22.5. The van der Waals surface area contributed by atoms with Crippen molar-refractivity contribution < 1.29 is 19.4 Å². The van der Waals surface area contributed by atoms with Crippen LogP contribution in [0.25, 0.3) is 33.4 Å². The van der Waals surface area contributed by atoms with Crippen molar-refractivity contribution in [1.29, 1.82) is 0 Å². The first kappa shape index (κ1) is 26.0. The lowest BCUT2D eigenvalue weighted by Crippen LogP contribution is -2.36. The molecule has 206 valence electrons. The van der Waals surface area contributed by atoms with Gasteiger partial charge in [-0.05, 0) is 53.1 Å². The lowest BCUT2D eigenvalue weighted by molar-refractivity contribution is -0.133. The number of carbonyl (C=O) groups is 1. The Balaban J connectivity index is 1.26. The lowest BCUT2D eigenvalue weighted by atomic mass is 10.0. The van der Waals surface area contributed by atoms with Gasteiger partial charge in [0.2, 0.25) is 5.91 Å². The number of aliphatic hydroxyl groups is 1. The molecule has 2 saturated heterocycles. The molecule has 4 heterocycles. The third kappa shape index (κ3) is 5.30. The Morgan fingerprint density at radius 1 is 1.12 bits per heavy atom. The van der Waals surface area contributed by atoms with Gasteiger partial charge in [0.15, 0.2) is 0 Å². The SMILES string of the molecule is C/N=C\c1cc(-c2ccnc3[nH]c(-c4ccc(N5CCOCC5)cc4)cc23)ccc1O[C@@H]1CCN(C(=O)CO)C1. The Morgan fingerprint density at radius 3 is 2.70 bits per heavy atom. The maximum atomic E-state index is 11.8. The molecule has 0 radical (unpaired) electrons. The molecule has 0 bridgehead atoms. The predicted molar refractivity (Wildman–Crippen MR) is 156 cm³/mol. The summed E-state index contributed by atoms with van der Waals surface area (Å²) in [5.74, 6) is 0.454. The second-order valence-electron chi connectivity index (χ2n) is 10.1. The molecule has 6 rings (SSSR count). The van der Waals surface area contributed by atoms with Gasteiger partial charge < -0.3 is 29.4 Å². The number of likely N-dealkylation sites (tertiary alicyclic amines) is 1. The van der Waals surface area contributed by atoms with E-state index in [1.165, 1.54) is 5.69 Å². The zero-order chi connectivity index (χ0) is 27.5. The van der Waals surface area contributed by atoms with Crippen LogP contribution in [-0.4, -0.2) is 91.2 Å². The van der Waals surface area contributed by atoms with Crippen LogP contribution < -0.4 is 9.64 Å². The first-order valence-corrected chi connectivity index (χ1v) is 13.7. The maximum Gasteiger partial charge on any atom is 0.248 e. The van der Waals surface area contributed by atoms with Crippen LogP contribution in [0.4, 0.5) is 5.69 Å². The Labute approximate surface area is 233 Å². The number of H-pyrrole nitrogens is 1. The number of hydrogen-bond donors (Lipinski definition) is 2. The van der Waals surface area contributed by atoms with E-state index in [-0.39, 0.29) is 12.0 Å². The van der Waals surface area contributed by atoms with Crippen LogP contribution in [0.15, 0.2) is 65.8 Å². The molecule has 4 aromatic rings. The summed E-state index contributed by atoms with van der Waals surface area (Å²) in [5, 5.41) is 10.2. The van der Waals surface area contributed by atoms with E-state index in [4.69, 9.17) is 14.6 Å². The van der Waals surface area contributed by atoms with E-state index in [9.17, 15) is 4.79 Å². The van der Waals surface area contributed by atoms with Crippen LogP contribution >= 0.6 is 0 Å². The number of fused-ring (bicyclic) bond motifs is 1. The molecule has 2 aliphatic rings. The number of aliphatic hydroxyl groups excluding tert-OH is 1. The number of carbonyl (C=O) groups excluding carboxylic acids is 1. The fraction of sp³-hybridized carbons (Fsp3) is 0.323. The van der Waals surface area contributed by atoms with E-state index in [1.54, 1.807) is 18.2 Å². The largest absolute Gasteiger partial charge is 0.488 e. The highest BCUT2D eigenvalue weighted by Gasteiger charge is 2.27. The van der Waals surface area contributed by atoms with E-state index in [0.29, 0.717) is 13.1 Å². The van der Waals surface area contributed by atoms with Gasteiger partial charge in [-0.25, -0.2) is 4.98 Å². The number of aromatic nitrogens is 2. The summed E-state index contributed by atoms with van der Waals surface area (Å²) < 4.78 is 11.8. The number of nitrogens with one attached hydrogen (secondary N) is 1. The van der Waals surface area contributed by atoms with E-state index >= 15 is 0 Å². The van der Waals surface area contributed by atoms with Gasteiger partial charge in [0, 0.05) is 67.8 Å². The molecule has 1 amide bonds. The number of hydrogen-bond acceptors (Lipinski definition) is 7. The van der Waals surface area contributed by atoms with Gasteiger partial charge in [0.05, 0.1) is 19.8 Å². The molecule has 0 spiro atoms. The Hall–Kier alpha value is -4.21. The average Bonchev–Trinajstić information content (AvgIpc) is 3.66. The van der Waals surface area contributed by atoms with Crippen molar-refractivity contribution in [2.24, 2.45) is 4.99 Å². The number of nitrogens with zero attached hydrogens (tertiary/aromatic N) is 4. The van der Waals surface area contributed by atoms with Crippen LogP contribution in [0.5, 0.6) is 5.75 Å². The molecule has 40 heavy (non-hydrogen) atoms. The number of amides is 1. The predicted octanol–water partition coefficient (Wildman–Crippen LogP) is 3.75. The third-order valence-electron chi connectivity index (χ3n) is 7.60. The normalized spacial score (nSPS) is 17.7. The lowest BCUT2D eigenvalue weighted by Gasteiger charge is -2.28. The zero-order valence-corrected chi connectivity index (χ0v) is 22.5. The van der Waals surface area contributed by atoms with Crippen molar-refractivity contribution in [3.8, 4) is 28.1 Å². The summed E-state index contributed by atoms with van der Waals surface area (Å²) >= 11 is 0. The van der Waals surface area contributed by atoms with Gasteiger partial charge in [-0.3, -0.25) is 9.79 Å². The molecule has 2 N–H and O–H groups in total. The monoisotopic (exact) mass is 539 g/mol. The first-order valence-electron chi connectivity index (χ1n) is 13.7. The van der Waals surface area contributed by atoms with Crippen LogP contribution in [0.2, 0.25) is 0 Å². The van der Waals surface area contributed by atoms with E-state index in [1.807, 2.05) is 24.4 Å². The van der Waals surface area contributed by atoms with Crippen molar-refractivity contribution in [2.45, 2.75) is 12.5 Å². The molecule has 2 fully saturated rings. The Bertz CT molecular complexity index is 1520. The minimum absolute atomic E-state index is 0.125. The van der Waals surface area contributed by atoms with Crippen molar-refractivity contribution >= 4 is 28.8 Å². The number of benzene rings is 2. The third-order valence-corrected chi connectivity index (χ3v) is 7.60. The highest BCUT2D eigenvalue weighted by atomic mass is 16.5. The van der Waals surface area contributed by atoms with Crippen molar-refractivity contribution in [3.63, 3.8) is 0 Å². The Kier molecular flexibility index (Phi) is 7.48. The molecule has 2 aromatic carbocycles. The number of rotatable bonds is 7. The fourth-order valence-electron chi connectivity index (χ4n) is 5.50. The standard InChI is InChI=1S/C31H33N5O4/c1-32-18-23-16-22(4-7-29(23)40-25-9-11-36(19-25)30(38)20-37)26-8-10-33-31-27(26)17-28(34-31)21-2-5-24(6-3-21)35-12-14-39-15-13-35/h2-8,10,16-18,25,37H,9,11-15,19-20H2,1H3,(H,33,34)/b32-18-/t25-/m1/s1. The molecule has 0 unspecified atom stereocenters. The molecular formula is C31H33N5O4. The van der Waals surface area contributed by atoms with Crippen molar-refractivity contribution in [2.75, 3.05) is 57.9 Å². The van der Waals surface area contributed by atoms with E-state index in [2.05, 4.69) is 56.3 Å². The molecule has 9 nitrogen and oxygen atoms in total. The highest BCUT2D eigenvalue weighted by Crippen LogP contribution is 2.34. The second kappa shape index (κ2) is 11.5. The van der Waals surface area contributed by atoms with Gasteiger partial charge in [-0.1, -0.05) is 18.2 Å². The van der Waals surface area contributed by atoms with Crippen molar-refractivity contribution in [1.82, 2.24) is 14.9 Å². The van der Waals surface area contributed by atoms with Crippen LogP contribution in [0, 0.1) is 0 Å². The van der Waals surface area contributed by atoms with Gasteiger partial charge in [0.25, 0.3) is 0 Å². The van der Waals surface area contributed by atoms with Gasteiger partial charge in [-0.15, -0.1) is 0 Å². The highest BCUT2D eigenvalue weighted by molar-refractivity contribution is 5.97. The van der Waals surface area contributed by atoms with Crippen molar-refractivity contribution in [3.05, 3.63) is 66.4 Å². The summed E-state index contributed by atoms with van der Waals surface area (Å²) in [6, 6.07) is 18.9. The molecule has 2 aromatic heterocycles. The molecule has 0 aliphatic carbocycles. The minimum Gasteiger partial charge on any atom is -0.488 e. The maximum absolute atomic E-state index is 11.8. The number of ether oxygens (including phenoxy) is 2. The topological polar surface area (TPSA) is 103 Å². The first-order chi connectivity index (χ1) is 19.6. The molecule has 2 aliphatic heterocycles. The quantitative estimate of drug-likeness (QED) is 0.347. The van der Waals surface area contributed by atoms with Crippen LogP contribution in [0.3, 0.4) is 0 Å². The molecule has 0 saturated carbocycles. The Morgan fingerprint density at radius 2 is 1.93 bits per heavy atom. The number of aromatic amines is 1. The summed E-state index contributed by atoms with van der Waals surface area (Å²) in [7, 11) is 1.74. The number of pyridine rings is 1. The van der Waals surface area contributed by atoms with Crippen LogP contribution in [0.1, 0.15) is 12.0 Å². The number of aliphatic imine (C=N–C) groups is 1. The number of morpholine rings is 1. The molecular weight excluding hydrogens is 506 g/mol. The molecule has 9 heteroatoms. The smallest absolute Gasteiger partial charge is 0.248 e. The average molecular weight is 540 g/mol. The summed E-state index contributed by atoms with van der Waals surface area (Å²) in [6.45, 7) is 3.93. The molecule has 1 atom stereocenters. The van der Waals surface area contributed by atoms with E-state index < -0.39 is 6.61 Å². The minimum atomic E-state index is -0.476. The number of anilines is 1. The summed E-state index contributed by atoms with van der Waals surface area (Å²) in [6.07, 6.45) is 4.21. The summed E-state index contributed by atoms with van der Waals surface area (Å²) in [4.78, 5) is 28.2. The van der Waals surface area contributed by atoms with Crippen LogP contribution in [-0.2, 0) is 9.53 Å². The second-order valence-corrected chi connectivity index (χ2v) is 10.1. The van der Waals surface area contributed by atoms with Gasteiger partial charge in [-0.2, -0.15) is 0 Å².